The van der Waals surface area contributed by atoms with Gasteiger partial charge in [-0.3, -0.25) is 9.89 Å². The number of hydrogen-bond acceptors (Lipinski definition) is 3. The maximum Gasteiger partial charge on any atom is 0.401 e. The molecule has 1 aromatic carbocycles. The predicted octanol–water partition coefficient (Wildman–Crippen LogP) is 3.39. The summed E-state index contributed by atoms with van der Waals surface area (Å²) >= 11 is 0. The van der Waals surface area contributed by atoms with Crippen LogP contribution < -0.4 is 15.5 Å². The quantitative estimate of drug-likeness (QED) is 0.531. The van der Waals surface area contributed by atoms with Gasteiger partial charge in [-0.1, -0.05) is 6.07 Å². The number of benzene rings is 1. The minimum atomic E-state index is -4.10. The number of piperidine rings is 1. The molecular weight excluding hydrogens is 379 g/mol. The zero-order valence-corrected chi connectivity index (χ0v) is 17.9. The first-order valence-corrected chi connectivity index (χ1v) is 10.2. The fourth-order valence-electron chi connectivity index (χ4n) is 3.64. The number of nitrogens with one attached hydrogen (secondary N) is 2. The highest BCUT2D eigenvalue weighted by Gasteiger charge is 2.32. The van der Waals surface area contributed by atoms with Crippen molar-refractivity contribution in [3.8, 4) is 0 Å². The molecule has 0 atom stereocenters. The predicted molar refractivity (Wildman–Crippen MR) is 114 cm³/mol. The largest absolute Gasteiger partial charge is 0.401 e. The van der Waals surface area contributed by atoms with Crippen molar-refractivity contribution < 1.29 is 13.2 Å². The molecule has 1 fully saturated rings. The third kappa shape index (κ3) is 8.12. The summed E-state index contributed by atoms with van der Waals surface area (Å²) < 4.78 is 37.4. The summed E-state index contributed by atoms with van der Waals surface area (Å²) in [6.07, 6.45) is -1.52. The van der Waals surface area contributed by atoms with E-state index >= 15 is 0 Å². The molecule has 1 aliphatic rings. The van der Waals surface area contributed by atoms with Gasteiger partial charge in [-0.2, -0.15) is 13.2 Å². The number of alkyl halides is 3. The molecule has 2 rings (SSSR count). The van der Waals surface area contributed by atoms with Crippen LogP contribution in [0.2, 0.25) is 0 Å². The Morgan fingerprint density at radius 3 is 2.45 bits per heavy atom. The van der Waals surface area contributed by atoms with Crippen LogP contribution in [0.5, 0.6) is 0 Å². The minimum absolute atomic E-state index is 0.464. The third-order valence-corrected chi connectivity index (χ3v) is 5.47. The molecule has 1 heterocycles. The molecule has 0 aromatic heterocycles. The van der Waals surface area contributed by atoms with Crippen molar-refractivity contribution >= 4 is 11.6 Å². The van der Waals surface area contributed by atoms with Crippen molar-refractivity contribution in [3.05, 3.63) is 29.3 Å². The van der Waals surface area contributed by atoms with E-state index in [0.717, 1.165) is 31.8 Å². The van der Waals surface area contributed by atoms with E-state index in [1.54, 1.807) is 7.05 Å². The Morgan fingerprint density at radius 1 is 1.21 bits per heavy atom. The topological polar surface area (TPSA) is 42.9 Å². The standard InChI is InChI=1S/C21H34F3N5/c1-16-13-19(28(3)4)6-5-18(16)14-27-20(25-2)26-10-7-17-8-11-29(12-9-17)15-21(22,23)24/h5-6,13,17H,7-12,14-15H2,1-4H3,(H2,25,26,27). The molecule has 5 nitrogen and oxygen atoms in total. The van der Waals surface area contributed by atoms with E-state index < -0.39 is 12.7 Å². The maximum absolute atomic E-state index is 12.5. The maximum atomic E-state index is 12.5. The summed E-state index contributed by atoms with van der Waals surface area (Å²) in [5.74, 6) is 1.21. The van der Waals surface area contributed by atoms with E-state index in [-0.39, 0.29) is 0 Å². The normalized spacial score (nSPS) is 16.7. The van der Waals surface area contributed by atoms with Crippen LogP contribution >= 0.6 is 0 Å². The Hall–Kier alpha value is -1.96. The van der Waals surface area contributed by atoms with Crippen LogP contribution in [0, 0.1) is 12.8 Å². The lowest BCUT2D eigenvalue weighted by molar-refractivity contribution is -0.148. The highest BCUT2D eigenvalue weighted by molar-refractivity contribution is 5.79. The molecule has 0 amide bonds. The highest BCUT2D eigenvalue weighted by Crippen LogP contribution is 2.24. The molecule has 0 spiro atoms. The number of nitrogens with zero attached hydrogens (tertiary/aromatic N) is 3. The molecule has 1 saturated heterocycles. The average Bonchev–Trinajstić information content (AvgIpc) is 2.65. The van der Waals surface area contributed by atoms with Gasteiger partial charge in [0.1, 0.15) is 0 Å². The molecule has 1 aromatic rings. The first-order chi connectivity index (χ1) is 13.7. The van der Waals surface area contributed by atoms with Crippen molar-refractivity contribution in [2.24, 2.45) is 10.9 Å². The van der Waals surface area contributed by atoms with Gasteiger partial charge in [-0.25, -0.2) is 0 Å². The molecule has 2 N–H and O–H groups in total. The van der Waals surface area contributed by atoms with Gasteiger partial charge in [-0.05, 0) is 68.5 Å². The number of halogens is 3. The second-order valence-electron chi connectivity index (χ2n) is 7.98. The third-order valence-electron chi connectivity index (χ3n) is 5.47. The minimum Gasteiger partial charge on any atom is -0.378 e. The van der Waals surface area contributed by atoms with Gasteiger partial charge in [0.25, 0.3) is 0 Å². The Kier molecular flexibility index (Phi) is 8.61. The van der Waals surface area contributed by atoms with Gasteiger partial charge in [-0.15, -0.1) is 0 Å². The Balaban J connectivity index is 1.70. The SMILES string of the molecule is CN=C(NCCC1CCN(CC(F)(F)F)CC1)NCc1ccc(N(C)C)cc1C. The van der Waals surface area contributed by atoms with Crippen LogP contribution in [0.3, 0.4) is 0 Å². The number of aryl methyl sites for hydroxylation is 1. The fourth-order valence-corrected chi connectivity index (χ4v) is 3.64. The molecule has 0 radical (unpaired) electrons. The number of anilines is 1. The first-order valence-electron chi connectivity index (χ1n) is 10.2. The molecule has 0 unspecified atom stereocenters. The Bertz CT molecular complexity index is 665. The van der Waals surface area contributed by atoms with Gasteiger partial charge in [0.05, 0.1) is 6.54 Å². The van der Waals surface area contributed by atoms with E-state index in [0.29, 0.717) is 25.6 Å². The average molecular weight is 414 g/mol. The van der Waals surface area contributed by atoms with E-state index in [4.69, 9.17) is 0 Å². The van der Waals surface area contributed by atoms with Gasteiger partial charge in [0.15, 0.2) is 5.96 Å². The van der Waals surface area contributed by atoms with Crippen LogP contribution in [-0.2, 0) is 6.54 Å². The second kappa shape index (κ2) is 10.7. The highest BCUT2D eigenvalue weighted by atomic mass is 19.4. The molecular formula is C21H34F3N5. The summed E-state index contributed by atoms with van der Waals surface area (Å²) in [5, 5.41) is 6.66. The van der Waals surface area contributed by atoms with Crippen LogP contribution in [0.1, 0.15) is 30.4 Å². The zero-order valence-electron chi connectivity index (χ0n) is 17.9. The summed E-state index contributed by atoms with van der Waals surface area (Å²) in [5.41, 5.74) is 3.62. The Labute approximate surface area is 172 Å². The summed E-state index contributed by atoms with van der Waals surface area (Å²) in [6, 6.07) is 6.39. The summed E-state index contributed by atoms with van der Waals surface area (Å²) in [4.78, 5) is 7.86. The monoisotopic (exact) mass is 413 g/mol. The molecule has 0 aliphatic carbocycles. The van der Waals surface area contributed by atoms with Gasteiger partial charge in [0, 0.05) is 39.9 Å². The molecule has 0 saturated carbocycles. The molecule has 29 heavy (non-hydrogen) atoms. The number of hydrogen-bond donors (Lipinski definition) is 2. The van der Waals surface area contributed by atoms with Crippen molar-refractivity contribution in [1.29, 1.82) is 0 Å². The second-order valence-corrected chi connectivity index (χ2v) is 7.98. The van der Waals surface area contributed by atoms with Gasteiger partial charge in [0.2, 0.25) is 0 Å². The smallest absolute Gasteiger partial charge is 0.378 e. The van der Waals surface area contributed by atoms with Crippen LogP contribution in [0.4, 0.5) is 18.9 Å². The van der Waals surface area contributed by atoms with Gasteiger partial charge < -0.3 is 15.5 Å². The molecule has 164 valence electrons. The first kappa shape index (κ1) is 23.3. The van der Waals surface area contributed by atoms with E-state index in [1.807, 2.05) is 14.1 Å². The zero-order chi connectivity index (χ0) is 21.4. The molecule has 0 bridgehead atoms. The molecule has 8 heteroatoms. The molecule has 1 aliphatic heterocycles. The fraction of sp³-hybridized carbons (Fsp3) is 0.667. The van der Waals surface area contributed by atoms with Crippen molar-refractivity contribution in [2.75, 3.05) is 52.2 Å². The van der Waals surface area contributed by atoms with Gasteiger partial charge >= 0.3 is 6.18 Å². The summed E-state index contributed by atoms with van der Waals surface area (Å²) in [6.45, 7) is 3.82. The van der Waals surface area contributed by atoms with Crippen LogP contribution in [0.25, 0.3) is 0 Å². The number of rotatable bonds is 7. The van der Waals surface area contributed by atoms with E-state index in [2.05, 4.69) is 45.6 Å². The van der Waals surface area contributed by atoms with E-state index in [9.17, 15) is 13.2 Å². The van der Waals surface area contributed by atoms with Crippen molar-refractivity contribution in [3.63, 3.8) is 0 Å². The van der Waals surface area contributed by atoms with Crippen molar-refractivity contribution in [1.82, 2.24) is 15.5 Å². The van der Waals surface area contributed by atoms with Crippen LogP contribution in [0.15, 0.2) is 23.2 Å². The lowest BCUT2D eigenvalue weighted by Crippen LogP contribution is -2.41. The lowest BCUT2D eigenvalue weighted by atomic mass is 9.93. The van der Waals surface area contributed by atoms with Crippen molar-refractivity contribution in [2.45, 2.75) is 38.9 Å². The number of guanidine groups is 1. The number of aliphatic imine (C=N–C) groups is 1. The summed E-state index contributed by atoms with van der Waals surface area (Å²) in [7, 11) is 5.80. The lowest BCUT2D eigenvalue weighted by Gasteiger charge is -2.32. The Morgan fingerprint density at radius 2 is 1.90 bits per heavy atom. The van der Waals surface area contributed by atoms with E-state index in [1.165, 1.54) is 21.7 Å². The number of likely N-dealkylation sites (tertiary alicyclic amines) is 1. The van der Waals surface area contributed by atoms with Crippen LogP contribution in [-0.4, -0.2) is 64.4 Å².